The first kappa shape index (κ1) is 28.1. The number of hydrogen-bond acceptors (Lipinski definition) is 5. The minimum atomic E-state index is -4.43. The van der Waals surface area contributed by atoms with E-state index in [1.165, 1.54) is 24.4 Å². The second kappa shape index (κ2) is 11.9. The van der Waals surface area contributed by atoms with Gasteiger partial charge >= 0.3 is 6.18 Å². The number of carbonyl (C=O) groups is 1. The third kappa shape index (κ3) is 7.58. The summed E-state index contributed by atoms with van der Waals surface area (Å²) < 4.78 is 83.9. The van der Waals surface area contributed by atoms with Crippen molar-refractivity contribution in [2.45, 2.75) is 69.3 Å². The first-order chi connectivity index (χ1) is 18.0. The lowest BCUT2D eigenvalue weighted by atomic mass is 9.81. The Bertz CT molecular complexity index is 1110. The van der Waals surface area contributed by atoms with Crippen molar-refractivity contribution in [1.82, 2.24) is 20.2 Å². The van der Waals surface area contributed by atoms with E-state index in [1.807, 2.05) is 0 Å². The Morgan fingerprint density at radius 2 is 1.89 bits per heavy atom. The molecule has 2 aromatic heterocycles. The number of nitrogens with one attached hydrogen (secondary N) is 1. The highest BCUT2D eigenvalue weighted by molar-refractivity contribution is 5.95. The van der Waals surface area contributed by atoms with Gasteiger partial charge in [0.15, 0.2) is 6.61 Å². The van der Waals surface area contributed by atoms with Gasteiger partial charge in [0.05, 0.1) is 5.56 Å². The second-order valence-corrected chi connectivity index (χ2v) is 9.89. The zero-order valence-electron chi connectivity index (χ0n) is 20.7. The van der Waals surface area contributed by atoms with Crippen LogP contribution in [0.4, 0.5) is 26.3 Å². The SMILES string of the molecule is O=C(N[C@H]1CC[C@](F)(CCN2CCc3ccc(OCC(F)(F)F)nc3CC2)CC1)c1cccnc1C(F)F. The fourth-order valence-corrected chi connectivity index (χ4v) is 5.00. The van der Waals surface area contributed by atoms with Crippen LogP contribution in [-0.4, -0.2) is 64.9 Å². The summed E-state index contributed by atoms with van der Waals surface area (Å²) in [5.74, 6) is -0.690. The second-order valence-electron chi connectivity index (χ2n) is 9.89. The number of aromatic nitrogens is 2. The molecule has 38 heavy (non-hydrogen) atoms. The lowest BCUT2D eigenvalue weighted by Crippen LogP contribution is -2.43. The van der Waals surface area contributed by atoms with Gasteiger partial charge in [0, 0.05) is 50.1 Å². The molecule has 1 N–H and O–H groups in total. The predicted octanol–water partition coefficient (Wildman–Crippen LogP) is 5.23. The molecule has 1 amide bonds. The Morgan fingerprint density at radius 1 is 1.16 bits per heavy atom. The quantitative estimate of drug-likeness (QED) is 0.462. The average Bonchev–Trinajstić information content (AvgIpc) is 3.09. The molecule has 0 spiro atoms. The Balaban J connectivity index is 1.23. The molecule has 0 bridgehead atoms. The normalized spacial score (nSPS) is 22.6. The Kier molecular flexibility index (Phi) is 8.79. The van der Waals surface area contributed by atoms with Crippen LogP contribution < -0.4 is 10.1 Å². The summed E-state index contributed by atoms with van der Waals surface area (Å²) in [7, 11) is 0. The minimum Gasteiger partial charge on any atom is -0.468 e. The van der Waals surface area contributed by atoms with Crippen LogP contribution in [0.3, 0.4) is 0 Å². The molecule has 0 radical (unpaired) electrons. The van der Waals surface area contributed by atoms with Crippen molar-refractivity contribution in [3.63, 3.8) is 0 Å². The molecule has 0 unspecified atom stereocenters. The number of halogens is 6. The molecule has 0 atom stereocenters. The lowest BCUT2D eigenvalue weighted by Gasteiger charge is -2.35. The van der Waals surface area contributed by atoms with Crippen LogP contribution in [0.2, 0.25) is 0 Å². The molecule has 2 aromatic rings. The number of fused-ring (bicyclic) bond motifs is 1. The topological polar surface area (TPSA) is 67.4 Å². The summed E-state index contributed by atoms with van der Waals surface area (Å²) in [6.07, 6.45) is -3.28. The molecule has 4 rings (SSSR count). The van der Waals surface area contributed by atoms with E-state index >= 15 is 4.39 Å². The molecule has 1 aliphatic heterocycles. The maximum absolute atomic E-state index is 15.6. The van der Waals surface area contributed by atoms with E-state index in [1.54, 1.807) is 6.07 Å². The Hall–Kier alpha value is -2.89. The number of rotatable bonds is 8. The lowest BCUT2D eigenvalue weighted by molar-refractivity contribution is -0.154. The Morgan fingerprint density at radius 3 is 2.61 bits per heavy atom. The van der Waals surface area contributed by atoms with Crippen molar-refractivity contribution in [1.29, 1.82) is 0 Å². The number of carbonyl (C=O) groups excluding carboxylic acids is 1. The zero-order chi connectivity index (χ0) is 27.3. The van der Waals surface area contributed by atoms with Crippen molar-refractivity contribution < 1.29 is 35.9 Å². The summed E-state index contributed by atoms with van der Waals surface area (Å²) in [6, 6.07) is 5.60. The molecule has 0 aromatic carbocycles. The highest BCUT2D eigenvalue weighted by Crippen LogP contribution is 2.35. The van der Waals surface area contributed by atoms with Gasteiger partial charge in [0.1, 0.15) is 11.4 Å². The van der Waals surface area contributed by atoms with Crippen molar-refractivity contribution >= 4 is 5.91 Å². The van der Waals surface area contributed by atoms with E-state index in [0.29, 0.717) is 57.4 Å². The van der Waals surface area contributed by atoms with Crippen molar-refractivity contribution in [2.24, 2.45) is 0 Å². The van der Waals surface area contributed by atoms with Gasteiger partial charge in [-0.25, -0.2) is 18.2 Å². The number of ether oxygens (including phenoxy) is 1. The van der Waals surface area contributed by atoms with Gasteiger partial charge in [0.2, 0.25) is 5.88 Å². The van der Waals surface area contributed by atoms with E-state index in [9.17, 15) is 26.7 Å². The summed E-state index contributed by atoms with van der Waals surface area (Å²) >= 11 is 0. The smallest absolute Gasteiger partial charge is 0.422 e. The third-order valence-corrected chi connectivity index (χ3v) is 7.17. The van der Waals surface area contributed by atoms with E-state index < -0.39 is 36.5 Å². The minimum absolute atomic E-state index is 0.0601. The van der Waals surface area contributed by atoms with Gasteiger partial charge in [-0.15, -0.1) is 0 Å². The maximum Gasteiger partial charge on any atom is 0.422 e. The van der Waals surface area contributed by atoms with Crippen LogP contribution >= 0.6 is 0 Å². The van der Waals surface area contributed by atoms with E-state index in [2.05, 4.69) is 20.2 Å². The number of alkyl halides is 6. The van der Waals surface area contributed by atoms with Crippen molar-refractivity contribution in [3.8, 4) is 5.88 Å². The number of nitrogens with zero attached hydrogens (tertiary/aromatic N) is 3. The average molecular weight is 545 g/mol. The van der Waals surface area contributed by atoms with Gasteiger partial charge in [-0.2, -0.15) is 13.2 Å². The highest BCUT2D eigenvalue weighted by Gasteiger charge is 2.36. The van der Waals surface area contributed by atoms with E-state index in [-0.39, 0.29) is 30.3 Å². The molecule has 0 saturated heterocycles. The van der Waals surface area contributed by atoms with Gasteiger partial charge in [-0.05, 0) is 56.2 Å². The third-order valence-electron chi connectivity index (χ3n) is 7.17. The largest absolute Gasteiger partial charge is 0.468 e. The fraction of sp³-hybridized carbons (Fsp3) is 0.577. The first-order valence-corrected chi connectivity index (χ1v) is 12.6. The number of hydrogen-bond donors (Lipinski definition) is 1. The van der Waals surface area contributed by atoms with Gasteiger partial charge in [-0.1, -0.05) is 6.07 Å². The predicted molar refractivity (Wildman–Crippen MR) is 127 cm³/mol. The van der Waals surface area contributed by atoms with Crippen LogP contribution in [0.5, 0.6) is 5.88 Å². The van der Waals surface area contributed by atoms with Crippen LogP contribution in [0.15, 0.2) is 30.5 Å². The van der Waals surface area contributed by atoms with Crippen molar-refractivity contribution in [3.05, 3.63) is 53.0 Å². The molecule has 1 aliphatic carbocycles. The molecule has 2 aliphatic rings. The monoisotopic (exact) mass is 544 g/mol. The molecule has 12 heteroatoms. The Labute approximate surface area is 216 Å². The standard InChI is InChI=1S/C26H30F6N4O2/c27-23(28)22-19(2-1-12-33-22)24(37)34-18-5-9-25(29,10-6-18)11-15-36-13-7-17-3-4-21(35-20(17)8-14-36)38-16-26(30,31)32/h1-4,12,18,23H,5-11,13-16H2,(H,34,37)/t18-,25+. The summed E-state index contributed by atoms with van der Waals surface area (Å²) in [4.78, 5) is 22.5. The molecule has 1 saturated carbocycles. The van der Waals surface area contributed by atoms with E-state index in [0.717, 1.165) is 5.56 Å². The van der Waals surface area contributed by atoms with Crippen LogP contribution in [0.1, 0.15) is 65.8 Å². The summed E-state index contributed by atoms with van der Waals surface area (Å²) in [5.41, 5.74) is -0.487. The first-order valence-electron chi connectivity index (χ1n) is 12.6. The number of amides is 1. The molecule has 6 nitrogen and oxygen atoms in total. The highest BCUT2D eigenvalue weighted by atomic mass is 19.4. The van der Waals surface area contributed by atoms with Crippen LogP contribution in [-0.2, 0) is 12.8 Å². The fourth-order valence-electron chi connectivity index (χ4n) is 5.00. The maximum atomic E-state index is 15.6. The molecule has 208 valence electrons. The van der Waals surface area contributed by atoms with Crippen LogP contribution in [0.25, 0.3) is 0 Å². The van der Waals surface area contributed by atoms with Gasteiger partial charge < -0.3 is 15.0 Å². The van der Waals surface area contributed by atoms with Crippen molar-refractivity contribution in [2.75, 3.05) is 26.2 Å². The zero-order valence-corrected chi connectivity index (χ0v) is 20.7. The molecule has 1 fully saturated rings. The summed E-state index contributed by atoms with van der Waals surface area (Å²) in [5, 5.41) is 2.74. The molecular weight excluding hydrogens is 514 g/mol. The van der Waals surface area contributed by atoms with Crippen LogP contribution in [0, 0.1) is 0 Å². The molecule has 3 heterocycles. The molecular formula is C26H30F6N4O2. The van der Waals surface area contributed by atoms with Gasteiger partial charge in [0.25, 0.3) is 12.3 Å². The van der Waals surface area contributed by atoms with Gasteiger partial charge in [-0.3, -0.25) is 9.78 Å². The van der Waals surface area contributed by atoms with E-state index in [4.69, 9.17) is 4.74 Å². The number of pyridine rings is 2. The summed E-state index contributed by atoms with van der Waals surface area (Å²) in [6.45, 7) is 0.416.